The topological polar surface area (TPSA) is 176 Å². The summed E-state index contributed by atoms with van der Waals surface area (Å²) in [5.74, 6) is 1.34. The number of hydrogen-bond acceptors (Lipinski definition) is 12. The molecule has 264 valence electrons. The van der Waals surface area contributed by atoms with Gasteiger partial charge in [0.2, 0.25) is 0 Å². The smallest absolute Gasteiger partial charge is 0.736 e. The molecule has 54 heavy (non-hydrogen) atoms. The Balaban J connectivity index is 0.000000394. The molecule has 0 aliphatic rings. The molecule has 0 unspecified atom stereocenters. The Labute approximate surface area is 441 Å². The van der Waals surface area contributed by atoms with Crippen molar-refractivity contribution in [3.63, 3.8) is 0 Å². The summed E-state index contributed by atoms with van der Waals surface area (Å²) in [7, 11) is -13.2. The molecule has 0 aliphatic carbocycles. The zero-order chi connectivity index (χ0) is 36.4. The zero-order valence-electron chi connectivity index (χ0n) is 29.6. The van der Waals surface area contributed by atoms with E-state index in [-0.39, 0.29) is 189 Å². The minimum Gasteiger partial charge on any atom is -0.736 e. The minimum absolute atomic E-state index is 0. The van der Waals surface area contributed by atoms with Gasteiger partial charge in [-0.25, -0.2) is 13.7 Å². The van der Waals surface area contributed by atoms with Gasteiger partial charge < -0.3 is 41.8 Å². The SMILES string of the molecule is O=P([O-])(Oc1ccccc1)Oc1ccccc1.O=P([O-])(Oc1ccccc1)Oc1ccccc1.O=P([O-])(Oc1ccccc1)Oc1ccccc1.[K+].[K+].[K+]. The van der Waals surface area contributed by atoms with Crippen LogP contribution < -0.4 is 196 Å². The Hall–Kier alpha value is -0.401. The van der Waals surface area contributed by atoms with Crippen LogP contribution in [-0.4, -0.2) is 0 Å². The maximum atomic E-state index is 11.6. The van der Waals surface area contributed by atoms with Crippen LogP contribution in [0.5, 0.6) is 34.5 Å². The molecule has 0 saturated carbocycles. The van der Waals surface area contributed by atoms with E-state index in [4.69, 9.17) is 27.1 Å². The van der Waals surface area contributed by atoms with Crippen LogP contribution in [0.4, 0.5) is 0 Å². The van der Waals surface area contributed by atoms with E-state index in [1.807, 2.05) is 0 Å². The molecule has 0 atom stereocenters. The van der Waals surface area contributed by atoms with E-state index in [1.54, 1.807) is 182 Å². The van der Waals surface area contributed by atoms with Crippen LogP contribution in [0.25, 0.3) is 0 Å². The first kappa shape index (κ1) is 51.6. The van der Waals surface area contributed by atoms with Crippen molar-refractivity contribution in [1.82, 2.24) is 0 Å². The summed E-state index contributed by atoms with van der Waals surface area (Å²) < 4.78 is 63.4. The third-order valence-electron chi connectivity index (χ3n) is 5.76. The van der Waals surface area contributed by atoms with E-state index in [0.29, 0.717) is 0 Å². The summed E-state index contributed by atoms with van der Waals surface area (Å²) in [4.78, 5) is 34.7. The molecular formula is C36H30K3O12P3. The van der Waals surface area contributed by atoms with Gasteiger partial charge in [0.05, 0.1) is 0 Å². The number of phosphoric acid groups is 3. The fourth-order valence-electron chi connectivity index (χ4n) is 3.72. The molecule has 0 aromatic heterocycles. The second-order valence-electron chi connectivity index (χ2n) is 9.77. The molecule has 18 heteroatoms. The quantitative estimate of drug-likeness (QED) is 0.107. The standard InChI is InChI=1S/3C12H11O4P.3K/c3*13-17(14,15-11-7-3-1-4-8-11)16-12-9-5-2-6-10-12;;;/h3*1-10H,(H,13,14);;;/q;;;3*+1/p-3. The Morgan fingerprint density at radius 3 is 0.481 bits per heavy atom. The first-order chi connectivity index (χ1) is 24.5. The summed E-state index contributed by atoms with van der Waals surface area (Å²) in [6.07, 6.45) is 0. The Kier molecular flexibility index (Phi) is 26.1. The molecule has 0 spiro atoms. The fourth-order valence-corrected chi connectivity index (χ4v) is 6.11. The van der Waals surface area contributed by atoms with Gasteiger partial charge in [-0.05, 0) is 72.8 Å². The van der Waals surface area contributed by atoms with Gasteiger partial charge in [0.25, 0.3) is 0 Å². The van der Waals surface area contributed by atoms with E-state index < -0.39 is 23.5 Å². The van der Waals surface area contributed by atoms with Gasteiger partial charge in [-0.3, -0.25) is 0 Å². The van der Waals surface area contributed by atoms with Crippen molar-refractivity contribution in [2.45, 2.75) is 0 Å². The molecule has 0 radical (unpaired) electrons. The van der Waals surface area contributed by atoms with Crippen molar-refractivity contribution in [2.75, 3.05) is 0 Å². The van der Waals surface area contributed by atoms with Crippen molar-refractivity contribution in [1.29, 1.82) is 0 Å². The van der Waals surface area contributed by atoms with Gasteiger partial charge in [0.1, 0.15) is 34.5 Å². The third-order valence-corrected chi connectivity index (χ3v) is 8.37. The van der Waals surface area contributed by atoms with Crippen LogP contribution in [0.1, 0.15) is 0 Å². The van der Waals surface area contributed by atoms with Crippen LogP contribution in [0, 0.1) is 0 Å². The van der Waals surface area contributed by atoms with Crippen LogP contribution >= 0.6 is 23.5 Å². The van der Waals surface area contributed by atoms with Gasteiger partial charge in [-0.1, -0.05) is 109 Å². The number of benzene rings is 6. The average Bonchev–Trinajstić information content (AvgIpc) is 3.10. The number of para-hydroxylation sites is 6. The predicted octanol–water partition coefficient (Wildman–Crippen LogP) is -1.15. The maximum absolute atomic E-state index is 11.6. The first-order valence-electron chi connectivity index (χ1n) is 14.9. The fraction of sp³-hybridized carbons (Fsp3) is 0. The van der Waals surface area contributed by atoms with Crippen LogP contribution in [0.2, 0.25) is 0 Å². The van der Waals surface area contributed by atoms with Gasteiger partial charge in [0, 0.05) is 0 Å². The summed E-state index contributed by atoms with van der Waals surface area (Å²) in [5.41, 5.74) is 0. The molecule has 12 nitrogen and oxygen atoms in total. The van der Waals surface area contributed by atoms with E-state index >= 15 is 0 Å². The maximum Gasteiger partial charge on any atom is 1.00 e. The van der Waals surface area contributed by atoms with Crippen molar-refractivity contribution >= 4 is 23.5 Å². The van der Waals surface area contributed by atoms with Crippen molar-refractivity contribution in [2.24, 2.45) is 0 Å². The predicted molar refractivity (Wildman–Crippen MR) is 185 cm³/mol. The molecule has 0 amide bonds. The number of hydrogen-bond donors (Lipinski definition) is 0. The molecule has 6 aromatic carbocycles. The average molecular weight is 865 g/mol. The molecule has 0 heterocycles. The Morgan fingerprint density at radius 1 is 0.259 bits per heavy atom. The van der Waals surface area contributed by atoms with Gasteiger partial charge in [-0.15, -0.1) is 0 Å². The summed E-state index contributed by atoms with van der Waals surface area (Å²) in [5, 5.41) is 0. The number of rotatable bonds is 12. The largest absolute Gasteiger partial charge is 1.00 e. The molecule has 0 bridgehead atoms. The molecular weight excluding hydrogens is 835 g/mol. The monoisotopic (exact) mass is 864 g/mol. The van der Waals surface area contributed by atoms with Crippen molar-refractivity contribution < 1.29 is 210 Å². The molecule has 0 fully saturated rings. The van der Waals surface area contributed by atoms with E-state index in [9.17, 15) is 28.4 Å². The van der Waals surface area contributed by atoms with Crippen molar-refractivity contribution in [3.05, 3.63) is 182 Å². The summed E-state index contributed by atoms with van der Waals surface area (Å²) in [6.45, 7) is 0. The second-order valence-corrected chi connectivity index (χ2v) is 13.5. The molecule has 0 N–H and O–H groups in total. The summed E-state index contributed by atoms with van der Waals surface area (Å²) >= 11 is 0. The first-order valence-corrected chi connectivity index (χ1v) is 19.3. The van der Waals surface area contributed by atoms with Crippen molar-refractivity contribution in [3.8, 4) is 34.5 Å². The summed E-state index contributed by atoms with van der Waals surface area (Å²) in [6, 6.07) is 49.2. The molecule has 6 aromatic rings. The normalized spacial score (nSPS) is 10.3. The van der Waals surface area contributed by atoms with Crippen LogP contribution in [-0.2, 0) is 13.7 Å². The molecule has 6 rings (SSSR count). The molecule has 0 aliphatic heterocycles. The minimum atomic E-state index is -4.39. The Bertz CT molecular complexity index is 1650. The van der Waals surface area contributed by atoms with Gasteiger partial charge >= 0.3 is 178 Å². The van der Waals surface area contributed by atoms with Gasteiger partial charge in [-0.2, -0.15) is 0 Å². The second kappa shape index (κ2) is 27.3. The Morgan fingerprint density at radius 2 is 0.370 bits per heavy atom. The van der Waals surface area contributed by atoms with E-state index in [0.717, 1.165) is 0 Å². The zero-order valence-corrected chi connectivity index (χ0v) is 41.6. The van der Waals surface area contributed by atoms with E-state index in [1.165, 1.54) is 0 Å². The van der Waals surface area contributed by atoms with E-state index in [2.05, 4.69) is 0 Å². The van der Waals surface area contributed by atoms with Gasteiger partial charge in [0.15, 0.2) is 0 Å². The van der Waals surface area contributed by atoms with Crippen LogP contribution in [0.15, 0.2) is 182 Å². The molecule has 0 saturated heterocycles. The third kappa shape index (κ3) is 21.9. The number of phosphoric ester groups is 3. The van der Waals surface area contributed by atoms with Crippen LogP contribution in [0.3, 0.4) is 0 Å².